The quantitative estimate of drug-likeness (QED) is 0.591. The van der Waals surface area contributed by atoms with Crippen molar-refractivity contribution >= 4 is 27.9 Å². The van der Waals surface area contributed by atoms with E-state index < -0.39 is 16.3 Å². The highest BCUT2D eigenvalue weighted by atomic mass is 79.9. The molecule has 0 radical (unpaired) electrons. The lowest BCUT2D eigenvalue weighted by atomic mass is 10.1. The summed E-state index contributed by atoms with van der Waals surface area (Å²) in [6.45, 7) is 1.59. The van der Waals surface area contributed by atoms with Crippen LogP contribution in [0.25, 0.3) is 0 Å². The molecular weight excluding hydrogens is 228 g/mol. The van der Waals surface area contributed by atoms with Crippen molar-refractivity contribution < 1.29 is 19.4 Å². The van der Waals surface area contributed by atoms with Crippen LogP contribution >= 0.6 is 15.9 Å². The summed E-state index contributed by atoms with van der Waals surface area (Å²) < 4.78 is 3.58. The topological polar surface area (TPSA) is 63.6 Å². The monoisotopic (exact) mass is 238 g/mol. The number of halogens is 1. The number of hydrogen-bond acceptors (Lipinski definition) is 3. The molecule has 0 bridgehead atoms. The maximum atomic E-state index is 11.0. The van der Waals surface area contributed by atoms with Gasteiger partial charge in [-0.05, 0) is 13.3 Å². The van der Waals surface area contributed by atoms with Crippen molar-refractivity contribution in [1.82, 2.24) is 0 Å². The number of alkyl halides is 1. The number of hydrogen-bond donors (Lipinski definition) is 1. The number of carbonyl (C=O) groups is 2. The number of carboxylic acid groups (broad SMARTS) is 1. The summed E-state index contributed by atoms with van der Waals surface area (Å²) in [4.78, 5) is 21.2. The number of carboxylic acids is 1. The van der Waals surface area contributed by atoms with Gasteiger partial charge in [0.2, 0.25) is 0 Å². The second-order valence-corrected chi connectivity index (χ2v) is 4.33. The Kier molecular flexibility index (Phi) is 4.23. The molecule has 0 amide bonds. The molecule has 0 heterocycles. The second-order valence-electron chi connectivity index (χ2n) is 2.58. The number of esters is 1. The van der Waals surface area contributed by atoms with Crippen LogP contribution in [0.4, 0.5) is 0 Å². The molecular formula is C7H11BrO4. The first kappa shape index (κ1) is 11.4. The van der Waals surface area contributed by atoms with E-state index in [1.807, 2.05) is 0 Å². The molecule has 0 aromatic carbocycles. The molecule has 4 nitrogen and oxygen atoms in total. The van der Waals surface area contributed by atoms with E-state index in [1.165, 1.54) is 7.11 Å². The van der Waals surface area contributed by atoms with Gasteiger partial charge in [0.05, 0.1) is 7.11 Å². The Morgan fingerprint density at radius 3 is 2.42 bits per heavy atom. The van der Waals surface area contributed by atoms with E-state index >= 15 is 0 Å². The molecule has 1 unspecified atom stereocenters. The van der Waals surface area contributed by atoms with Crippen LogP contribution < -0.4 is 0 Å². The van der Waals surface area contributed by atoms with Gasteiger partial charge in [0.1, 0.15) is 4.32 Å². The SMILES string of the molecule is COC(=O)C(C)(Br)CCC(=O)O. The van der Waals surface area contributed by atoms with Gasteiger partial charge in [-0.2, -0.15) is 0 Å². The molecule has 0 aliphatic rings. The molecule has 0 aromatic heterocycles. The number of methoxy groups -OCH3 is 1. The van der Waals surface area contributed by atoms with Gasteiger partial charge in [-0.3, -0.25) is 9.59 Å². The van der Waals surface area contributed by atoms with Gasteiger partial charge in [-0.15, -0.1) is 0 Å². The average molecular weight is 239 g/mol. The van der Waals surface area contributed by atoms with Gasteiger partial charge < -0.3 is 9.84 Å². The highest BCUT2D eigenvalue weighted by Gasteiger charge is 2.31. The minimum atomic E-state index is -0.926. The molecule has 0 aliphatic heterocycles. The fourth-order valence-corrected chi connectivity index (χ4v) is 1.02. The molecule has 0 aliphatic carbocycles. The lowest BCUT2D eigenvalue weighted by molar-refractivity contribution is -0.143. The van der Waals surface area contributed by atoms with Gasteiger partial charge in [-0.1, -0.05) is 15.9 Å². The maximum absolute atomic E-state index is 11.0. The molecule has 0 fully saturated rings. The Morgan fingerprint density at radius 2 is 2.08 bits per heavy atom. The lowest BCUT2D eigenvalue weighted by Crippen LogP contribution is -2.30. The Balaban J connectivity index is 4.03. The third-order valence-electron chi connectivity index (χ3n) is 1.42. The smallest absolute Gasteiger partial charge is 0.322 e. The van der Waals surface area contributed by atoms with E-state index in [1.54, 1.807) is 6.92 Å². The van der Waals surface area contributed by atoms with Gasteiger partial charge in [0.15, 0.2) is 0 Å². The largest absolute Gasteiger partial charge is 0.481 e. The first-order valence-corrected chi connectivity index (χ1v) is 4.18. The normalized spacial score (nSPS) is 14.9. The average Bonchev–Trinajstić information content (AvgIpc) is 1.99. The second kappa shape index (κ2) is 4.45. The van der Waals surface area contributed by atoms with Crippen molar-refractivity contribution in [1.29, 1.82) is 0 Å². The number of aliphatic carboxylic acids is 1. The van der Waals surface area contributed by atoms with E-state index in [2.05, 4.69) is 20.7 Å². The van der Waals surface area contributed by atoms with Crippen molar-refractivity contribution in [3.63, 3.8) is 0 Å². The molecule has 0 aromatic rings. The third kappa shape index (κ3) is 3.71. The highest BCUT2D eigenvalue weighted by molar-refractivity contribution is 9.10. The third-order valence-corrected chi connectivity index (χ3v) is 2.14. The molecule has 0 rings (SSSR count). The van der Waals surface area contributed by atoms with Gasteiger partial charge in [0.25, 0.3) is 0 Å². The molecule has 12 heavy (non-hydrogen) atoms. The Labute approximate surface area is 79.0 Å². The maximum Gasteiger partial charge on any atom is 0.322 e. The molecule has 0 saturated heterocycles. The van der Waals surface area contributed by atoms with E-state index in [9.17, 15) is 9.59 Å². The van der Waals surface area contributed by atoms with Crippen molar-refractivity contribution in [3.05, 3.63) is 0 Å². The number of rotatable bonds is 4. The van der Waals surface area contributed by atoms with Crippen LogP contribution in [0.5, 0.6) is 0 Å². The van der Waals surface area contributed by atoms with Crippen LogP contribution in [-0.4, -0.2) is 28.5 Å². The molecule has 0 saturated carbocycles. The zero-order valence-corrected chi connectivity index (χ0v) is 8.55. The van der Waals surface area contributed by atoms with Crippen molar-refractivity contribution in [2.75, 3.05) is 7.11 Å². The van der Waals surface area contributed by atoms with Crippen LogP contribution in [0.15, 0.2) is 0 Å². The first-order chi connectivity index (χ1) is 5.40. The van der Waals surface area contributed by atoms with E-state index in [4.69, 9.17) is 5.11 Å². The van der Waals surface area contributed by atoms with E-state index in [-0.39, 0.29) is 12.8 Å². The Bertz CT molecular complexity index is 188. The minimum absolute atomic E-state index is 0.0587. The van der Waals surface area contributed by atoms with E-state index in [0.29, 0.717) is 0 Å². The van der Waals surface area contributed by atoms with Crippen LogP contribution in [0.1, 0.15) is 19.8 Å². The van der Waals surface area contributed by atoms with Gasteiger partial charge >= 0.3 is 11.9 Å². The lowest BCUT2D eigenvalue weighted by Gasteiger charge is -2.17. The number of carbonyl (C=O) groups excluding carboxylic acids is 1. The first-order valence-electron chi connectivity index (χ1n) is 3.39. The molecule has 1 N–H and O–H groups in total. The fourth-order valence-electron chi connectivity index (χ4n) is 0.657. The van der Waals surface area contributed by atoms with Crippen LogP contribution in [-0.2, 0) is 14.3 Å². The van der Waals surface area contributed by atoms with Crippen LogP contribution in [0.2, 0.25) is 0 Å². The zero-order chi connectivity index (χ0) is 9.78. The Morgan fingerprint density at radius 1 is 1.58 bits per heavy atom. The predicted molar refractivity (Wildman–Crippen MR) is 46.2 cm³/mol. The summed E-state index contributed by atoms with van der Waals surface area (Å²) in [7, 11) is 1.27. The molecule has 1 atom stereocenters. The summed E-state index contributed by atoms with van der Waals surface area (Å²) >= 11 is 3.10. The number of ether oxygens (including phenoxy) is 1. The van der Waals surface area contributed by atoms with Gasteiger partial charge in [0, 0.05) is 6.42 Å². The summed E-state index contributed by atoms with van der Waals surface area (Å²) in [5.74, 6) is -1.38. The van der Waals surface area contributed by atoms with Crippen LogP contribution in [0.3, 0.4) is 0 Å². The minimum Gasteiger partial charge on any atom is -0.481 e. The fraction of sp³-hybridized carbons (Fsp3) is 0.714. The Hall–Kier alpha value is -0.580. The summed E-state index contributed by atoms with van der Waals surface area (Å²) in [6, 6.07) is 0. The zero-order valence-electron chi connectivity index (χ0n) is 6.96. The molecule has 0 spiro atoms. The molecule has 5 heteroatoms. The van der Waals surface area contributed by atoms with Crippen LogP contribution in [0, 0.1) is 0 Å². The standard InChI is InChI=1S/C7H11BrO4/c1-7(8,6(11)12-2)4-3-5(9)10/h3-4H2,1-2H3,(H,9,10). The summed E-state index contributed by atoms with van der Waals surface area (Å²) in [5, 5.41) is 8.36. The van der Waals surface area contributed by atoms with Crippen molar-refractivity contribution in [2.45, 2.75) is 24.1 Å². The summed E-state index contributed by atoms with van der Waals surface area (Å²) in [6.07, 6.45) is 0.159. The highest BCUT2D eigenvalue weighted by Crippen LogP contribution is 2.24. The summed E-state index contributed by atoms with van der Waals surface area (Å²) in [5.41, 5.74) is 0. The predicted octanol–water partition coefficient (Wildman–Crippen LogP) is 1.18. The van der Waals surface area contributed by atoms with Crippen molar-refractivity contribution in [2.24, 2.45) is 0 Å². The van der Waals surface area contributed by atoms with Crippen molar-refractivity contribution in [3.8, 4) is 0 Å². The van der Waals surface area contributed by atoms with E-state index in [0.717, 1.165) is 0 Å². The van der Waals surface area contributed by atoms with Gasteiger partial charge in [-0.25, -0.2) is 0 Å². The molecule has 70 valence electrons.